The van der Waals surface area contributed by atoms with Crippen LogP contribution in [0.25, 0.3) is 0 Å². The first kappa shape index (κ1) is 14.5. The first-order valence-electron chi connectivity index (χ1n) is 6.86. The SMILES string of the molecule is CCCCC1NC(c2cccs2)N(CCOC)C1=O. The summed E-state index contributed by atoms with van der Waals surface area (Å²) in [6.45, 7) is 3.38. The molecular weight excluding hydrogens is 260 g/mol. The van der Waals surface area contributed by atoms with Gasteiger partial charge >= 0.3 is 0 Å². The number of hydrogen-bond acceptors (Lipinski definition) is 4. The van der Waals surface area contributed by atoms with Gasteiger partial charge in [-0.3, -0.25) is 10.1 Å². The third-order valence-electron chi connectivity index (χ3n) is 3.45. The van der Waals surface area contributed by atoms with E-state index in [1.165, 1.54) is 4.88 Å². The van der Waals surface area contributed by atoms with Gasteiger partial charge < -0.3 is 9.64 Å². The van der Waals surface area contributed by atoms with Gasteiger partial charge in [0.05, 0.1) is 12.6 Å². The lowest BCUT2D eigenvalue weighted by Crippen LogP contribution is -2.33. The Morgan fingerprint density at radius 1 is 1.53 bits per heavy atom. The number of ether oxygens (including phenoxy) is 1. The van der Waals surface area contributed by atoms with Crippen LogP contribution in [0, 0.1) is 0 Å². The molecule has 0 saturated carbocycles. The first-order chi connectivity index (χ1) is 9.27. The molecule has 2 atom stereocenters. The summed E-state index contributed by atoms with van der Waals surface area (Å²) >= 11 is 1.69. The monoisotopic (exact) mass is 282 g/mol. The van der Waals surface area contributed by atoms with Gasteiger partial charge in [-0.15, -0.1) is 11.3 Å². The summed E-state index contributed by atoms with van der Waals surface area (Å²) in [5, 5.41) is 5.52. The molecule has 1 saturated heterocycles. The second-order valence-electron chi connectivity index (χ2n) is 4.80. The van der Waals surface area contributed by atoms with Crippen LogP contribution >= 0.6 is 11.3 Å². The van der Waals surface area contributed by atoms with Crippen molar-refractivity contribution >= 4 is 17.2 Å². The number of hydrogen-bond donors (Lipinski definition) is 1. The number of thiophene rings is 1. The molecule has 106 valence electrons. The van der Waals surface area contributed by atoms with E-state index >= 15 is 0 Å². The van der Waals surface area contributed by atoms with Crippen molar-refractivity contribution in [2.75, 3.05) is 20.3 Å². The fourth-order valence-electron chi connectivity index (χ4n) is 2.41. The summed E-state index contributed by atoms with van der Waals surface area (Å²) < 4.78 is 5.12. The topological polar surface area (TPSA) is 41.6 Å². The van der Waals surface area contributed by atoms with Crippen LogP contribution in [0.15, 0.2) is 17.5 Å². The number of nitrogens with zero attached hydrogens (tertiary/aromatic N) is 1. The molecule has 1 N–H and O–H groups in total. The second kappa shape index (κ2) is 7.03. The van der Waals surface area contributed by atoms with Gasteiger partial charge in [-0.05, 0) is 17.9 Å². The minimum atomic E-state index is -0.0380. The molecule has 1 aliphatic rings. The van der Waals surface area contributed by atoms with Crippen LogP contribution in [0.3, 0.4) is 0 Å². The third-order valence-corrected chi connectivity index (χ3v) is 4.37. The zero-order chi connectivity index (χ0) is 13.7. The van der Waals surface area contributed by atoms with Crippen LogP contribution in [0.1, 0.15) is 37.2 Å². The fourth-order valence-corrected chi connectivity index (χ4v) is 3.20. The highest BCUT2D eigenvalue weighted by atomic mass is 32.1. The highest BCUT2D eigenvalue weighted by molar-refractivity contribution is 7.10. The molecule has 0 radical (unpaired) electrons. The van der Waals surface area contributed by atoms with Crippen molar-refractivity contribution in [3.8, 4) is 0 Å². The Kier molecular flexibility index (Phi) is 5.36. The molecule has 1 amide bonds. The number of rotatable bonds is 7. The Morgan fingerprint density at radius 3 is 3.00 bits per heavy atom. The van der Waals surface area contributed by atoms with Gasteiger partial charge in [-0.2, -0.15) is 0 Å². The average molecular weight is 282 g/mol. The minimum absolute atomic E-state index is 0.0181. The zero-order valence-electron chi connectivity index (χ0n) is 11.6. The van der Waals surface area contributed by atoms with E-state index in [0.29, 0.717) is 13.2 Å². The van der Waals surface area contributed by atoms with Crippen molar-refractivity contribution in [3.05, 3.63) is 22.4 Å². The molecule has 0 aliphatic carbocycles. The number of methoxy groups -OCH3 is 1. The molecule has 1 aromatic heterocycles. The van der Waals surface area contributed by atoms with E-state index in [1.807, 2.05) is 11.0 Å². The van der Waals surface area contributed by atoms with Crippen LogP contribution in [-0.4, -0.2) is 37.1 Å². The Bertz CT molecular complexity index is 394. The Hall–Kier alpha value is -0.910. The molecule has 19 heavy (non-hydrogen) atoms. The number of carbonyl (C=O) groups is 1. The van der Waals surface area contributed by atoms with Gasteiger partial charge in [0.15, 0.2) is 0 Å². The molecule has 2 unspecified atom stereocenters. The highest BCUT2D eigenvalue weighted by Crippen LogP contribution is 2.29. The predicted octanol–water partition coefficient (Wildman–Crippen LogP) is 2.38. The summed E-state index contributed by atoms with van der Waals surface area (Å²) in [6, 6.07) is 4.07. The van der Waals surface area contributed by atoms with Gasteiger partial charge in [0.25, 0.3) is 0 Å². The van der Waals surface area contributed by atoms with Crippen molar-refractivity contribution < 1.29 is 9.53 Å². The summed E-state index contributed by atoms with van der Waals surface area (Å²) in [7, 11) is 1.67. The molecule has 0 bridgehead atoms. The lowest BCUT2D eigenvalue weighted by molar-refractivity contribution is -0.130. The Balaban J connectivity index is 2.08. The molecule has 5 heteroatoms. The van der Waals surface area contributed by atoms with Crippen molar-refractivity contribution in [3.63, 3.8) is 0 Å². The maximum atomic E-state index is 12.4. The van der Waals surface area contributed by atoms with Crippen LogP contribution < -0.4 is 5.32 Å². The van der Waals surface area contributed by atoms with Gasteiger partial charge in [-0.25, -0.2) is 0 Å². The van der Waals surface area contributed by atoms with Gasteiger partial charge in [-0.1, -0.05) is 25.8 Å². The summed E-state index contributed by atoms with van der Waals surface area (Å²) in [6.07, 6.45) is 3.14. The van der Waals surface area contributed by atoms with Crippen molar-refractivity contribution in [1.82, 2.24) is 10.2 Å². The van der Waals surface area contributed by atoms with E-state index < -0.39 is 0 Å². The van der Waals surface area contributed by atoms with Crippen LogP contribution in [0.2, 0.25) is 0 Å². The lowest BCUT2D eigenvalue weighted by Gasteiger charge is -2.22. The first-order valence-corrected chi connectivity index (χ1v) is 7.74. The Labute approximate surface area is 118 Å². The molecule has 2 rings (SSSR count). The summed E-state index contributed by atoms with van der Waals surface area (Å²) in [5.41, 5.74) is 0. The highest BCUT2D eigenvalue weighted by Gasteiger charge is 2.39. The van der Waals surface area contributed by atoms with E-state index in [4.69, 9.17) is 4.74 Å². The van der Waals surface area contributed by atoms with Crippen molar-refractivity contribution in [2.45, 2.75) is 38.4 Å². The van der Waals surface area contributed by atoms with Gasteiger partial charge in [0.1, 0.15) is 6.17 Å². The standard InChI is InChI=1S/C14H22N2O2S/c1-3-4-6-11-14(17)16(8-9-18-2)13(15-11)12-7-5-10-19-12/h5,7,10-11,13,15H,3-4,6,8-9H2,1-2H3. The summed E-state index contributed by atoms with van der Waals surface area (Å²) in [5.74, 6) is 0.212. The maximum absolute atomic E-state index is 12.4. The van der Waals surface area contributed by atoms with Crippen LogP contribution in [-0.2, 0) is 9.53 Å². The molecule has 1 aromatic rings. The molecule has 0 aromatic carbocycles. The molecule has 2 heterocycles. The number of amides is 1. The van der Waals surface area contributed by atoms with Crippen molar-refractivity contribution in [2.24, 2.45) is 0 Å². The fraction of sp³-hybridized carbons (Fsp3) is 0.643. The largest absolute Gasteiger partial charge is 0.383 e. The van der Waals surface area contributed by atoms with E-state index in [1.54, 1.807) is 18.4 Å². The van der Waals surface area contributed by atoms with Crippen LogP contribution in [0.4, 0.5) is 0 Å². The third kappa shape index (κ3) is 3.35. The maximum Gasteiger partial charge on any atom is 0.241 e. The van der Waals surface area contributed by atoms with Crippen LogP contribution in [0.5, 0.6) is 0 Å². The predicted molar refractivity (Wildman–Crippen MR) is 77.1 cm³/mol. The van der Waals surface area contributed by atoms with E-state index in [-0.39, 0.29) is 18.1 Å². The quantitative estimate of drug-likeness (QED) is 0.835. The van der Waals surface area contributed by atoms with Crippen molar-refractivity contribution in [1.29, 1.82) is 0 Å². The smallest absolute Gasteiger partial charge is 0.241 e. The Morgan fingerprint density at radius 2 is 2.37 bits per heavy atom. The zero-order valence-corrected chi connectivity index (χ0v) is 12.4. The van der Waals surface area contributed by atoms with E-state index in [0.717, 1.165) is 19.3 Å². The molecule has 1 aliphatic heterocycles. The minimum Gasteiger partial charge on any atom is -0.383 e. The summed E-state index contributed by atoms with van der Waals surface area (Å²) in [4.78, 5) is 15.5. The molecule has 0 spiro atoms. The average Bonchev–Trinajstić information content (AvgIpc) is 3.03. The van der Waals surface area contributed by atoms with E-state index in [9.17, 15) is 4.79 Å². The molecule has 1 fully saturated rings. The molecule has 4 nitrogen and oxygen atoms in total. The van der Waals surface area contributed by atoms with E-state index in [2.05, 4.69) is 23.7 Å². The van der Waals surface area contributed by atoms with Gasteiger partial charge in [0.2, 0.25) is 5.91 Å². The number of nitrogens with one attached hydrogen (secondary N) is 1. The number of unbranched alkanes of at least 4 members (excludes halogenated alkanes) is 1. The normalized spacial score (nSPS) is 23.3. The second-order valence-corrected chi connectivity index (χ2v) is 5.78. The lowest BCUT2D eigenvalue weighted by atomic mass is 10.1. The molecular formula is C14H22N2O2S. The van der Waals surface area contributed by atoms with Gasteiger partial charge in [0, 0.05) is 18.5 Å². The number of carbonyl (C=O) groups excluding carboxylic acids is 1.